The van der Waals surface area contributed by atoms with Crippen molar-refractivity contribution in [2.24, 2.45) is 0 Å². The molecule has 20 heavy (non-hydrogen) atoms. The summed E-state index contributed by atoms with van der Waals surface area (Å²) in [5.74, 6) is 0.00384. The fraction of sp³-hybridized carbons (Fsp3) is 0.250. The van der Waals surface area contributed by atoms with E-state index >= 15 is 0 Å². The van der Waals surface area contributed by atoms with Gasteiger partial charge < -0.3 is 10.1 Å². The third-order valence-corrected chi connectivity index (χ3v) is 2.39. The number of benzene rings is 1. The number of carbonyl (C=O) groups excluding carboxylic acids is 1. The highest BCUT2D eigenvalue weighted by molar-refractivity contribution is 6.01. The molecule has 0 radical (unpaired) electrons. The second-order valence-electron chi connectivity index (χ2n) is 3.82. The van der Waals surface area contributed by atoms with Gasteiger partial charge >= 0.3 is 6.61 Å². The number of amides is 1. The number of alkyl halides is 2. The van der Waals surface area contributed by atoms with E-state index in [0.717, 1.165) is 0 Å². The lowest BCUT2D eigenvalue weighted by Crippen LogP contribution is -2.14. The van der Waals surface area contributed by atoms with Gasteiger partial charge in [0.1, 0.15) is 11.6 Å². The average molecular weight is 282 g/mol. The molecule has 0 unspecified atom stereocenters. The Morgan fingerprint density at radius 2 is 2.30 bits per heavy atom. The van der Waals surface area contributed by atoms with Crippen LogP contribution >= 0.6 is 0 Å². The van der Waals surface area contributed by atoms with Gasteiger partial charge in [-0.05, 0) is 12.1 Å². The zero-order valence-corrected chi connectivity index (χ0v) is 10.6. The lowest BCUT2D eigenvalue weighted by atomic mass is 10.3. The van der Waals surface area contributed by atoms with Gasteiger partial charge in [0, 0.05) is 18.2 Å². The third kappa shape index (κ3) is 3.50. The molecule has 0 saturated heterocycles. The molecule has 1 amide bonds. The SMILES string of the molecule is CCc1nc(C(=O)Nc2cccc(OC(F)F)c2)n[nH]1. The summed E-state index contributed by atoms with van der Waals surface area (Å²) < 4.78 is 28.4. The highest BCUT2D eigenvalue weighted by Gasteiger charge is 2.13. The zero-order valence-electron chi connectivity index (χ0n) is 10.6. The number of carbonyl (C=O) groups is 1. The summed E-state index contributed by atoms with van der Waals surface area (Å²) in [6, 6.07) is 5.69. The summed E-state index contributed by atoms with van der Waals surface area (Å²) in [6.45, 7) is -1.05. The van der Waals surface area contributed by atoms with Crippen LogP contribution in [0.25, 0.3) is 0 Å². The normalized spacial score (nSPS) is 10.6. The summed E-state index contributed by atoms with van der Waals surface area (Å²) in [5.41, 5.74) is 0.316. The number of ether oxygens (including phenoxy) is 1. The van der Waals surface area contributed by atoms with E-state index in [0.29, 0.717) is 17.9 Å². The van der Waals surface area contributed by atoms with Crippen LogP contribution < -0.4 is 10.1 Å². The molecule has 0 fully saturated rings. The molecule has 0 atom stereocenters. The zero-order chi connectivity index (χ0) is 14.5. The highest BCUT2D eigenvalue weighted by Crippen LogP contribution is 2.19. The fourth-order valence-electron chi connectivity index (χ4n) is 1.49. The first kappa shape index (κ1) is 13.9. The Morgan fingerprint density at radius 1 is 1.50 bits per heavy atom. The van der Waals surface area contributed by atoms with Crippen molar-refractivity contribution >= 4 is 11.6 Å². The summed E-state index contributed by atoms with van der Waals surface area (Å²) in [6.07, 6.45) is 0.623. The largest absolute Gasteiger partial charge is 0.435 e. The number of aryl methyl sites for hydroxylation is 1. The standard InChI is InChI=1S/C12H12F2N4O2/c1-2-9-16-10(18-17-9)11(19)15-7-4-3-5-8(6-7)20-12(13)14/h3-6,12H,2H2,1H3,(H,15,19)(H,16,17,18). The number of nitrogens with zero attached hydrogens (tertiary/aromatic N) is 2. The lowest BCUT2D eigenvalue weighted by molar-refractivity contribution is -0.0497. The van der Waals surface area contributed by atoms with Gasteiger partial charge in [0.15, 0.2) is 0 Å². The fourth-order valence-corrected chi connectivity index (χ4v) is 1.49. The Morgan fingerprint density at radius 3 is 2.95 bits per heavy atom. The monoisotopic (exact) mass is 282 g/mol. The summed E-state index contributed by atoms with van der Waals surface area (Å²) >= 11 is 0. The third-order valence-electron chi connectivity index (χ3n) is 2.39. The average Bonchev–Trinajstić information content (AvgIpc) is 2.87. The van der Waals surface area contributed by atoms with E-state index in [-0.39, 0.29) is 11.6 Å². The van der Waals surface area contributed by atoms with Gasteiger partial charge in [0.25, 0.3) is 5.91 Å². The van der Waals surface area contributed by atoms with Crippen LogP contribution in [-0.2, 0) is 6.42 Å². The highest BCUT2D eigenvalue weighted by atomic mass is 19.3. The molecule has 1 aromatic carbocycles. The predicted octanol–water partition coefficient (Wildman–Crippen LogP) is 2.22. The van der Waals surface area contributed by atoms with Crippen molar-refractivity contribution < 1.29 is 18.3 Å². The molecule has 8 heteroatoms. The van der Waals surface area contributed by atoms with E-state index in [2.05, 4.69) is 25.2 Å². The number of aromatic nitrogens is 3. The Hall–Kier alpha value is -2.51. The summed E-state index contributed by atoms with van der Waals surface area (Å²) in [4.78, 5) is 15.8. The van der Waals surface area contributed by atoms with Gasteiger partial charge in [-0.3, -0.25) is 9.89 Å². The molecule has 2 rings (SSSR count). The number of nitrogens with one attached hydrogen (secondary N) is 2. The maximum absolute atomic E-state index is 12.1. The number of aromatic amines is 1. The molecule has 0 aliphatic rings. The molecule has 2 N–H and O–H groups in total. The topological polar surface area (TPSA) is 79.9 Å². The molecule has 2 aromatic rings. The lowest BCUT2D eigenvalue weighted by Gasteiger charge is -2.07. The Balaban J connectivity index is 2.07. The summed E-state index contributed by atoms with van der Waals surface area (Å²) in [5, 5.41) is 8.87. The van der Waals surface area contributed by atoms with Crippen molar-refractivity contribution in [2.75, 3.05) is 5.32 Å². The van der Waals surface area contributed by atoms with Crippen LogP contribution in [0.2, 0.25) is 0 Å². The number of H-pyrrole nitrogens is 1. The van der Waals surface area contributed by atoms with Gasteiger partial charge in [-0.2, -0.15) is 8.78 Å². The van der Waals surface area contributed by atoms with Crippen LogP contribution in [0.1, 0.15) is 23.4 Å². The number of rotatable bonds is 5. The van der Waals surface area contributed by atoms with E-state index in [1.54, 1.807) is 6.07 Å². The van der Waals surface area contributed by atoms with Crippen LogP contribution in [-0.4, -0.2) is 27.7 Å². The van der Waals surface area contributed by atoms with Crippen LogP contribution in [0.15, 0.2) is 24.3 Å². The van der Waals surface area contributed by atoms with Crippen molar-refractivity contribution in [3.05, 3.63) is 35.9 Å². The quantitative estimate of drug-likeness (QED) is 0.881. The molecule has 1 heterocycles. The minimum Gasteiger partial charge on any atom is -0.435 e. The van der Waals surface area contributed by atoms with E-state index in [9.17, 15) is 13.6 Å². The van der Waals surface area contributed by atoms with Crippen molar-refractivity contribution in [3.63, 3.8) is 0 Å². The van der Waals surface area contributed by atoms with E-state index in [4.69, 9.17) is 0 Å². The van der Waals surface area contributed by atoms with E-state index in [1.165, 1.54) is 18.2 Å². The first-order valence-electron chi connectivity index (χ1n) is 5.86. The number of hydrogen-bond acceptors (Lipinski definition) is 4. The maximum Gasteiger partial charge on any atom is 0.387 e. The number of hydrogen-bond donors (Lipinski definition) is 2. The molecule has 0 aliphatic heterocycles. The van der Waals surface area contributed by atoms with E-state index in [1.807, 2.05) is 6.92 Å². The Bertz CT molecular complexity index is 601. The molecule has 0 aliphatic carbocycles. The Labute approximate surface area is 113 Å². The first-order chi connectivity index (χ1) is 9.58. The van der Waals surface area contributed by atoms with Gasteiger partial charge in [-0.25, -0.2) is 4.98 Å². The minimum absolute atomic E-state index is 0.0120. The van der Waals surface area contributed by atoms with Gasteiger partial charge in [-0.1, -0.05) is 13.0 Å². The van der Waals surface area contributed by atoms with E-state index < -0.39 is 12.5 Å². The molecule has 0 saturated carbocycles. The van der Waals surface area contributed by atoms with Crippen molar-refractivity contribution in [2.45, 2.75) is 20.0 Å². The predicted molar refractivity (Wildman–Crippen MR) is 66.8 cm³/mol. The number of halogens is 2. The molecular weight excluding hydrogens is 270 g/mol. The van der Waals surface area contributed by atoms with Gasteiger partial charge in [-0.15, -0.1) is 5.10 Å². The second-order valence-corrected chi connectivity index (χ2v) is 3.82. The number of anilines is 1. The van der Waals surface area contributed by atoms with Crippen LogP contribution in [0.3, 0.4) is 0 Å². The minimum atomic E-state index is -2.92. The smallest absolute Gasteiger partial charge is 0.387 e. The van der Waals surface area contributed by atoms with Crippen molar-refractivity contribution in [3.8, 4) is 5.75 Å². The van der Waals surface area contributed by atoms with Crippen LogP contribution in [0, 0.1) is 0 Å². The van der Waals surface area contributed by atoms with Crippen LogP contribution in [0.4, 0.5) is 14.5 Å². The maximum atomic E-state index is 12.1. The molecule has 1 aromatic heterocycles. The molecular formula is C12H12F2N4O2. The molecule has 0 bridgehead atoms. The van der Waals surface area contributed by atoms with Gasteiger partial charge in [0.05, 0.1) is 0 Å². The van der Waals surface area contributed by atoms with Gasteiger partial charge in [0.2, 0.25) is 5.82 Å². The summed E-state index contributed by atoms with van der Waals surface area (Å²) in [7, 11) is 0. The van der Waals surface area contributed by atoms with Crippen LogP contribution in [0.5, 0.6) is 5.75 Å². The first-order valence-corrected chi connectivity index (χ1v) is 5.86. The van der Waals surface area contributed by atoms with Crippen molar-refractivity contribution in [1.29, 1.82) is 0 Å². The van der Waals surface area contributed by atoms with Crippen molar-refractivity contribution in [1.82, 2.24) is 15.2 Å². The molecule has 106 valence electrons. The second kappa shape index (κ2) is 6.09. The molecule has 6 nitrogen and oxygen atoms in total. The molecule has 0 spiro atoms. The Kier molecular flexibility index (Phi) is 4.24.